The standard InChI is InChI=1S/C17H26N2O/c1-17(2)15(10-16(17)20)18-11-12-6-7-14-13(9-12)5-4-8-19(14)3/h6-7,9,15-16,18,20H,4-5,8,10-11H2,1-3H3. The number of aliphatic hydroxyl groups excluding tert-OH is 1. The fourth-order valence-corrected chi connectivity index (χ4v) is 3.44. The van der Waals surface area contributed by atoms with E-state index in [1.807, 2.05) is 0 Å². The van der Waals surface area contributed by atoms with Gasteiger partial charge in [-0.1, -0.05) is 26.0 Å². The van der Waals surface area contributed by atoms with Gasteiger partial charge < -0.3 is 15.3 Å². The van der Waals surface area contributed by atoms with Crippen LogP contribution in [-0.4, -0.2) is 30.8 Å². The monoisotopic (exact) mass is 274 g/mol. The summed E-state index contributed by atoms with van der Waals surface area (Å²) in [5.74, 6) is 0. The Hall–Kier alpha value is -1.06. The summed E-state index contributed by atoms with van der Waals surface area (Å²) in [6, 6.07) is 7.26. The summed E-state index contributed by atoms with van der Waals surface area (Å²) in [5, 5.41) is 13.4. The second-order valence-corrected chi connectivity index (χ2v) is 6.99. The van der Waals surface area contributed by atoms with E-state index in [4.69, 9.17) is 0 Å². The molecule has 1 aromatic carbocycles. The van der Waals surface area contributed by atoms with Crippen LogP contribution in [0.2, 0.25) is 0 Å². The molecular weight excluding hydrogens is 248 g/mol. The highest BCUT2D eigenvalue weighted by Gasteiger charge is 2.46. The van der Waals surface area contributed by atoms with Crippen molar-refractivity contribution in [3.63, 3.8) is 0 Å². The Labute approximate surface area is 122 Å². The molecule has 1 saturated carbocycles. The predicted octanol–water partition coefficient (Wildman–Crippen LogP) is 2.32. The van der Waals surface area contributed by atoms with E-state index in [-0.39, 0.29) is 11.5 Å². The quantitative estimate of drug-likeness (QED) is 0.888. The highest BCUT2D eigenvalue weighted by Crippen LogP contribution is 2.40. The summed E-state index contributed by atoms with van der Waals surface area (Å²) in [6.45, 7) is 6.35. The molecule has 2 atom stereocenters. The molecule has 1 fully saturated rings. The van der Waals surface area contributed by atoms with Gasteiger partial charge in [-0.3, -0.25) is 0 Å². The van der Waals surface area contributed by atoms with Crippen molar-refractivity contribution >= 4 is 5.69 Å². The number of aliphatic hydroxyl groups is 1. The van der Waals surface area contributed by atoms with Crippen LogP contribution in [0.1, 0.15) is 37.8 Å². The van der Waals surface area contributed by atoms with Crippen LogP contribution in [0.4, 0.5) is 5.69 Å². The van der Waals surface area contributed by atoms with Gasteiger partial charge in [0.15, 0.2) is 0 Å². The molecular formula is C17H26N2O. The van der Waals surface area contributed by atoms with Crippen LogP contribution >= 0.6 is 0 Å². The van der Waals surface area contributed by atoms with E-state index in [1.165, 1.54) is 36.2 Å². The van der Waals surface area contributed by atoms with Gasteiger partial charge in [-0.05, 0) is 36.5 Å². The molecule has 2 aliphatic rings. The van der Waals surface area contributed by atoms with Gasteiger partial charge in [0.2, 0.25) is 0 Å². The molecule has 110 valence electrons. The fourth-order valence-electron chi connectivity index (χ4n) is 3.44. The highest BCUT2D eigenvalue weighted by atomic mass is 16.3. The van der Waals surface area contributed by atoms with Crippen molar-refractivity contribution in [2.75, 3.05) is 18.5 Å². The maximum absolute atomic E-state index is 9.79. The summed E-state index contributed by atoms with van der Waals surface area (Å²) in [7, 11) is 2.17. The molecule has 1 aromatic rings. The molecule has 0 amide bonds. The van der Waals surface area contributed by atoms with Gasteiger partial charge >= 0.3 is 0 Å². The maximum atomic E-state index is 9.79. The zero-order valence-corrected chi connectivity index (χ0v) is 12.8. The van der Waals surface area contributed by atoms with E-state index >= 15 is 0 Å². The smallest absolute Gasteiger partial charge is 0.0621 e. The molecule has 3 heteroatoms. The lowest BCUT2D eigenvalue weighted by Gasteiger charge is -2.49. The summed E-state index contributed by atoms with van der Waals surface area (Å²) < 4.78 is 0. The van der Waals surface area contributed by atoms with E-state index in [2.05, 4.69) is 49.3 Å². The second kappa shape index (κ2) is 5.05. The summed E-state index contributed by atoms with van der Waals surface area (Å²) in [4.78, 5) is 2.35. The van der Waals surface area contributed by atoms with E-state index in [9.17, 15) is 5.11 Å². The first kappa shape index (κ1) is 13.9. The van der Waals surface area contributed by atoms with Gasteiger partial charge in [-0.2, -0.15) is 0 Å². The third kappa shape index (κ3) is 2.33. The third-order valence-corrected chi connectivity index (χ3v) is 5.26. The number of aryl methyl sites for hydroxylation is 1. The highest BCUT2D eigenvalue weighted by molar-refractivity contribution is 5.56. The van der Waals surface area contributed by atoms with Gasteiger partial charge in [0.05, 0.1) is 6.10 Å². The molecule has 3 rings (SSSR count). The Morgan fingerprint density at radius 3 is 2.90 bits per heavy atom. The summed E-state index contributed by atoms with van der Waals surface area (Å²) in [5.41, 5.74) is 4.23. The lowest BCUT2D eigenvalue weighted by molar-refractivity contribution is -0.0729. The topological polar surface area (TPSA) is 35.5 Å². The number of benzene rings is 1. The van der Waals surface area contributed by atoms with E-state index in [0.717, 1.165) is 13.0 Å². The predicted molar refractivity (Wildman–Crippen MR) is 83.1 cm³/mol. The third-order valence-electron chi connectivity index (χ3n) is 5.26. The molecule has 1 aliphatic carbocycles. The van der Waals surface area contributed by atoms with Crippen molar-refractivity contribution in [2.24, 2.45) is 5.41 Å². The van der Waals surface area contributed by atoms with E-state index in [1.54, 1.807) is 0 Å². The average Bonchev–Trinajstić information content (AvgIpc) is 2.43. The zero-order chi connectivity index (χ0) is 14.3. The molecule has 2 unspecified atom stereocenters. The van der Waals surface area contributed by atoms with E-state index < -0.39 is 0 Å². The van der Waals surface area contributed by atoms with Crippen LogP contribution in [0.25, 0.3) is 0 Å². The number of hydrogen-bond donors (Lipinski definition) is 2. The molecule has 2 N–H and O–H groups in total. The van der Waals surface area contributed by atoms with Crippen molar-refractivity contribution in [3.8, 4) is 0 Å². The first-order valence-electron chi connectivity index (χ1n) is 7.73. The minimum Gasteiger partial charge on any atom is -0.392 e. The zero-order valence-electron chi connectivity index (χ0n) is 12.8. The van der Waals surface area contributed by atoms with Crippen molar-refractivity contribution in [3.05, 3.63) is 29.3 Å². The Kier molecular flexibility index (Phi) is 3.51. The summed E-state index contributed by atoms with van der Waals surface area (Å²) in [6.07, 6.45) is 3.17. The van der Waals surface area contributed by atoms with Crippen molar-refractivity contribution in [1.29, 1.82) is 0 Å². The van der Waals surface area contributed by atoms with Gasteiger partial charge in [-0.15, -0.1) is 0 Å². The molecule has 1 aliphatic heterocycles. The number of fused-ring (bicyclic) bond motifs is 1. The van der Waals surface area contributed by atoms with Crippen LogP contribution < -0.4 is 10.2 Å². The SMILES string of the molecule is CN1CCCc2cc(CNC3CC(O)C3(C)C)ccc21. The van der Waals surface area contributed by atoms with Crippen molar-refractivity contribution in [2.45, 2.75) is 51.8 Å². The van der Waals surface area contributed by atoms with Crippen LogP contribution in [0.3, 0.4) is 0 Å². The Bertz CT molecular complexity index is 498. The summed E-state index contributed by atoms with van der Waals surface area (Å²) >= 11 is 0. The van der Waals surface area contributed by atoms with Crippen molar-refractivity contribution < 1.29 is 5.11 Å². The Balaban J connectivity index is 1.64. The largest absolute Gasteiger partial charge is 0.392 e. The molecule has 0 aromatic heterocycles. The Morgan fingerprint density at radius 2 is 2.20 bits per heavy atom. The number of anilines is 1. The first-order valence-corrected chi connectivity index (χ1v) is 7.73. The Morgan fingerprint density at radius 1 is 1.40 bits per heavy atom. The minimum absolute atomic E-state index is 0.00836. The lowest BCUT2D eigenvalue weighted by Crippen LogP contribution is -2.59. The average molecular weight is 274 g/mol. The van der Waals surface area contributed by atoms with Gasteiger partial charge in [0.1, 0.15) is 0 Å². The fraction of sp³-hybridized carbons (Fsp3) is 0.647. The number of rotatable bonds is 3. The molecule has 0 spiro atoms. The first-order chi connectivity index (χ1) is 9.48. The number of nitrogens with one attached hydrogen (secondary N) is 1. The minimum atomic E-state index is -0.155. The molecule has 1 heterocycles. The van der Waals surface area contributed by atoms with Crippen molar-refractivity contribution in [1.82, 2.24) is 5.32 Å². The van der Waals surface area contributed by atoms with Crippen LogP contribution in [0, 0.1) is 5.41 Å². The van der Waals surface area contributed by atoms with Crippen LogP contribution in [0.5, 0.6) is 0 Å². The van der Waals surface area contributed by atoms with Crippen LogP contribution in [-0.2, 0) is 13.0 Å². The normalized spacial score (nSPS) is 27.9. The second-order valence-electron chi connectivity index (χ2n) is 6.99. The number of nitrogens with zero attached hydrogens (tertiary/aromatic N) is 1. The molecule has 3 nitrogen and oxygen atoms in total. The van der Waals surface area contributed by atoms with Gasteiger partial charge in [0.25, 0.3) is 0 Å². The van der Waals surface area contributed by atoms with E-state index in [0.29, 0.717) is 6.04 Å². The maximum Gasteiger partial charge on any atom is 0.0621 e. The molecule has 0 bridgehead atoms. The number of hydrogen-bond acceptors (Lipinski definition) is 3. The molecule has 20 heavy (non-hydrogen) atoms. The van der Waals surface area contributed by atoms with Crippen LogP contribution in [0.15, 0.2) is 18.2 Å². The van der Waals surface area contributed by atoms with Gasteiger partial charge in [-0.25, -0.2) is 0 Å². The lowest BCUT2D eigenvalue weighted by atomic mass is 9.64. The molecule has 0 radical (unpaired) electrons. The van der Waals surface area contributed by atoms with Gasteiger partial charge in [0, 0.05) is 37.3 Å². The molecule has 0 saturated heterocycles.